The van der Waals surface area contributed by atoms with E-state index in [0.717, 1.165) is 52.1 Å². The van der Waals surface area contributed by atoms with Crippen LogP contribution in [0, 0.1) is 5.82 Å². The topological polar surface area (TPSA) is 55.9 Å². The average Bonchev–Trinajstić information content (AvgIpc) is 3.18. The van der Waals surface area contributed by atoms with Crippen LogP contribution >= 0.6 is 0 Å². The molecule has 0 spiro atoms. The summed E-state index contributed by atoms with van der Waals surface area (Å²) in [6.07, 6.45) is 2.57. The number of carbonyl (C=O) groups excluding carboxylic acids is 2. The van der Waals surface area contributed by atoms with Gasteiger partial charge in [0.1, 0.15) is 5.82 Å². The molecule has 0 atom stereocenters. The summed E-state index contributed by atoms with van der Waals surface area (Å²) in [5.41, 5.74) is 0.225. The number of hydrogen-bond donors (Lipinski definition) is 1. The quantitative estimate of drug-likeness (QED) is 0.831. The second-order valence-corrected chi connectivity index (χ2v) is 6.98. The number of anilines is 1. The van der Waals surface area contributed by atoms with Crippen LogP contribution in [-0.2, 0) is 9.59 Å². The molecule has 1 N–H and O–H groups in total. The van der Waals surface area contributed by atoms with Crippen LogP contribution in [-0.4, -0.2) is 78.9 Å². The molecular formula is C19H27FN4O2. The number of piperazine rings is 1. The number of benzene rings is 1. The first kappa shape index (κ1) is 18.8. The fourth-order valence-electron chi connectivity index (χ4n) is 3.46. The van der Waals surface area contributed by atoms with Crippen LogP contribution in [0.4, 0.5) is 10.1 Å². The maximum atomic E-state index is 13.5. The summed E-state index contributed by atoms with van der Waals surface area (Å²) in [4.78, 5) is 30.6. The lowest BCUT2D eigenvalue weighted by Gasteiger charge is -2.34. The second kappa shape index (κ2) is 9.09. The van der Waals surface area contributed by atoms with E-state index in [4.69, 9.17) is 0 Å². The third-order valence-electron chi connectivity index (χ3n) is 5.09. The van der Waals surface area contributed by atoms with Crippen molar-refractivity contribution in [1.29, 1.82) is 0 Å². The normalized spacial score (nSPS) is 18.9. The van der Waals surface area contributed by atoms with Crippen molar-refractivity contribution < 1.29 is 14.0 Å². The predicted molar refractivity (Wildman–Crippen MR) is 98.3 cm³/mol. The minimum Gasteiger partial charge on any atom is -0.342 e. The second-order valence-electron chi connectivity index (χ2n) is 6.98. The van der Waals surface area contributed by atoms with Crippen LogP contribution in [0.25, 0.3) is 0 Å². The van der Waals surface area contributed by atoms with E-state index in [1.165, 1.54) is 6.07 Å². The molecule has 1 aromatic rings. The Morgan fingerprint density at radius 2 is 1.62 bits per heavy atom. The molecular weight excluding hydrogens is 335 g/mol. The largest absolute Gasteiger partial charge is 0.342 e. The summed E-state index contributed by atoms with van der Waals surface area (Å²) in [6.45, 7) is 6.32. The van der Waals surface area contributed by atoms with Crippen molar-refractivity contribution in [1.82, 2.24) is 14.7 Å². The number of amides is 2. The molecule has 0 aromatic heterocycles. The number of rotatable bonds is 6. The predicted octanol–water partition coefficient (Wildman–Crippen LogP) is 1.39. The zero-order valence-corrected chi connectivity index (χ0v) is 15.1. The van der Waals surface area contributed by atoms with E-state index in [1.807, 2.05) is 4.90 Å². The van der Waals surface area contributed by atoms with Crippen LogP contribution in [0.1, 0.15) is 19.3 Å². The minimum atomic E-state index is -0.419. The maximum Gasteiger partial charge on any atom is 0.236 e. The van der Waals surface area contributed by atoms with Crippen LogP contribution in [0.2, 0.25) is 0 Å². The molecule has 1 aromatic carbocycles. The van der Waals surface area contributed by atoms with E-state index < -0.39 is 5.82 Å². The SMILES string of the molecule is O=C(CCN1CCN(CC(=O)N2CCCC2)CC1)Nc1ccccc1F. The van der Waals surface area contributed by atoms with E-state index in [1.54, 1.807) is 18.2 Å². The first-order valence-corrected chi connectivity index (χ1v) is 9.39. The minimum absolute atomic E-state index is 0.179. The van der Waals surface area contributed by atoms with E-state index in [-0.39, 0.29) is 17.5 Å². The van der Waals surface area contributed by atoms with Crippen molar-refractivity contribution in [2.45, 2.75) is 19.3 Å². The van der Waals surface area contributed by atoms with Gasteiger partial charge in [0, 0.05) is 52.2 Å². The molecule has 2 amide bonds. The summed E-state index contributed by atoms with van der Waals surface area (Å²) in [7, 11) is 0. The fourth-order valence-corrected chi connectivity index (χ4v) is 3.46. The molecule has 3 rings (SSSR count). The summed E-state index contributed by atoms with van der Waals surface area (Å²) in [5, 5.41) is 2.61. The van der Waals surface area contributed by atoms with E-state index in [2.05, 4.69) is 15.1 Å². The Labute approximate surface area is 153 Å². The van der Waals surface area contributed by atoms with Crippen molar-refractivity contribution in [3.05, 3.63) is 30.1 Å². The van der Waals surface area contributed by atoms with E-state index in [9.17, 15) is 14.0 Å². The third-order valence-corrected chi connectivity index (χ3v) is 5.09. The lowest BCUT2D eigenvalue weighted by atomic mass is 10.2. The molecule has 2 aliphatic heterocycles. The van der Waals surface area contributed by atoms with Gasteiger partial charge in [0.25, 0.3) is 0 Å². The number of halogens is 1. The van der Waals surface area contributed by atoms with E-state index in [0.29, 0.717) is 19.5 Å². The number of hydrogen-bond acceptors (Lipinski definition) is 4. The highest BCUT2D eigenvalue weighted by atomic mass is 19.1. The lowest BCUT2D eigenvalue weighted by Crippen LogP contribution is -2.50. The van der Waals surface area contributed by atoms with Gasteiger partial charge in [-0.25, -0.2) is 4.39 Å². The molecule has 0 saturated carbocycles. The Bertz CT molecular complexity index is 626. The van der Waals surface area contributed by atoms with E-state index >= 15 is 0 Å². The van der Waals surface area contributed by atoms with Crippen LogP contribution in [0.3, 0.4) is 0 Å². The maximum absolute atomic E-state index is 13.5. The lowest BCUT2D eigenvalue weighted by molar-refractivity contribution is -0.131. The summed E-state index contributed by atoms with van der Waals surface area (Å²) in [6, 6.07) is 6.18. The molecule has 0 radical (unpaired) electrons. The van der Waals surface area contributed by atoms with Gasteiger partial charge in [-0.1, -0.05) is 12.1 Å². The molecule has 0 unspecified atom stereocenters. The van der Waals surface area contributed by atoms with Gasteiger partial charge in [-0.2, -0.15) is 0 Å². The van der Waals surface area contributed by atoms with Crippen molar-refractivity contribution >= 4 is 17.5 Å². The molecule has 7 heteroatoms. The smallest absolute Gasteiger partial charge is 0.236 e. The van der Waals surface area contributed by atoms with Gasteiger partial charge in [-0.3, -0.25) is 14.5 Å². The number of nitrogens with zero attached hydrogens (tertiary/aromatic N) is 3. The number of nitrogens with one attached hydrogen (secondary N) is 1. The molecule has 142 valence electrons. The Morgan fingerprint density at radius 1 is 0.962 bits per heavy atom. The standard InChI is InChI=1S/C19H27FN4O2/c20-16-5-1-2-6-17(16)21-18(25)7-10-22-11-13-23(14-12-22)15-19(26)24-8-3-4-9-24/h1-2,5-6H,3-4,7-15H2,(H,21,25). The van der Waals surface area contributed by atoms with Gasteiger partial charge in [0.2, 0.25) is 11.8 Å². The molecule has 6 nitrogen and oxygen atoms in total. The summed E-state index contributed by atoms with van der Waals surface area (Å²) < 4.78 is 13.5. The molecule has 2 heterocycles. The number of para-hydroxylation sites is 1. The molecule has 26 heavy (non-hydrogen) atoms. The molecule has 2 fully saturated rings. The van der Waals surface area contributed by atoms with Gasteiger partial charge in [0.15, 0.2) is 0 Å². The highest BCUT2D eigenvalue weighted by Gasteiger charge is 2.23. The Balaban J connectivity index is 1.34. The fraction of sp³-hybridized carbons (Fsp3) is 0.579. The van der Waals surface area contributed by atoms with Gasteiger partial charge in [0.05, 0.1) is 12.2 Å². The van der Waals surface area contributed by atoms with Gasteiger partial charge in [-0.05, 0) is 25.0 Å². The van der Waals surface area contributed by atoms with Crippen LogP contribution in [0.5, 0.6) is 0 Å². The van der Waals surface area contributed by atoms with Crippen LogP contribution in [0.15, 0.2) is 24.3 Å². The van der Waals surface area contributed by atoms with Crippen LogP contribution < -0.4 is 5.32 Å². The highest BCUT2D eigenvalue weighted by Crippen LogP contribution is 2.13. The molecule has 2 saturated heterocycles. The first-order valence-electron chi connectivity index (χ1n) is 9.39. The van der Waals surface area contributed by atoms with Crippen molar-refractivity contribution in [2.24, 2.45) is 0 Å². The number of likely N-dealkylation sites (tertiary alicyclic amines) is 1. The van der Waals surface area contributed by atoms with Crippen molar-refractivity contribution in [3.8, 4) is 0 Å². The van der Waals surface area contributed by atoms with Gasteiger partial charge in [-0.15, -0.1) is 0 Å². The third kappa shape index (κ3) is 5.25. The zero-order valence-electron chi connectivity index (χ0n) is 15.1. The average molecular weight is 362 g/mol. The monoisotopic (exact) mass is 362 g/mol. The zero-order chi connectivity index (χ0) is 18.4. The number of carbonyl (C=O) groups is 2. The molecule has 2 aliphatic rings. The Kier molecular flexibility index (Phi) is 6.57. The Hall–Kier alpha value is -1.99. The summed E-state index contributed by atoms with van der Waals surface area (Å²) in [5.74, 6) is -0.362. The Morgan fingerprint density at radius 3 is 2.31 bits per heavy atom. The van der Waals surface area contributed by atoms with Crippen molar-refractivity contribution in [3.63, 3.8) is 0 Å². The summed E-state index contributed by atoms with van der Waals surface area (Å²) >= 11 is 0. The molecule has 0 bridgehead atoms. The first-order chi connectivity index (χ1) is 12.6. The van der Waals surface area contributed by atoms with Gasteiger partial charge < -0.3 is 15.1 Å². The highest BCUT2D eigenvalue weighted by molar-refractivity contribution is 5.90. The van der Waals surface area contributed by atoms with Crippen molar-refractivity contribution in [2.75, 3.05) is 57.7 Å². The van der Waals surface area contributed by atoms with Gasteiger partial charge >= 0.3 is 0 Å². The molecule has 0 aliphatic carbocycles.